The average molecular weight is 328 g/mol. The van der Waals surface area contributed by atoms with Crippen molar-refractivity contribution in [1.82, 2.24) is 10.6 Å². The normalized spacial score (nSPS) is 10.6. The van der Waals surface area contributed by atoms with Crippen molar-refractivity contribution in [2.45, 2.75) is 59.3 Å². The van der Waals surface area contributed by atoms with Gasteiger partial charge in [-0.2, -0.15) is 0 Å². The lowest BCUT2D eigenvalue weighted by atomic mass is 10.1. The number of carbonyl (C=O) groups excluding carboxylic acids is 3. The Morgan fingerprint density at radius 1 is 0.870 bits per heavy atom. The SMILES string of the molecule is CC(=O)CCCC(=O)NCCCOCCCNC(=O)CC(C)C. The maximum atomic E-state index is 11.4. The lowest BCUT2D eigenvalue weighted by molar-refractivity contribution is -0.122. The largest absolute Gasteiger partial charge is 0.381 e. The standard InChI is InChI=1S/C17H32N2O4/c1-14(2)13-17(22)19-10-6-12-23-11-5-9-18-16(21)8-4-7-15(3)20/h14H,4-13H2,1-3H3,(H,18,21)(H,19,22). The van der Waals surface area contributed by atoms with E-state index in [1.165, 1.54) is 6.92 Å². The zero-order chi connectivity index (χ0) is 17.5. The summed E-state index contributed by atoms with van der Waals surface area (Å²) in [5.74, 6) is 0.571. The maximum Gasteiger partial charge on any atom is 0.220 e. The minimum Gasteiger partial charge on any atom is -0.381 e. The van der Waals surface area contributed by atoms with Gasteiger partial charge < -0.3 is 20.2 Å². The fourth-order valence-corrected chi connectivity index (χ4v) is 1.94. The molecule has 0 heterocycles. The van der Waals surface area contributed by atoms with Crippen molar-refractivity contribution in [3.63, 3.8) is 0 Å². The van der Waals surface area contributed by atoms with E-state index in [1.807, 2.05) is 13.8 Å². The molecule has 0 bridgehead atoms. The summed E-state index contributed by atoms with van der Waals surface area (Å²) in [6, 6.07) is 0. The molecule has 6 heteroatoms. The summed E-state index contributed by atoms with van der Waals surface area (Å²) in [7, 11) is 0. The minimum absolute atomic E-state index is 0.0147. The number of hydrogen-bond donors (Lipinski definition) is 2. The second kappa shape index (κ2) is 14.2. The van der Waals surface area contributed by atoms with Gasteiger partial charge in [0, 0.05) is 45.6 Å². The van der Waals surface area contributed by atoms with Gasteiger partial charge in [-0.3, -0.25) is 9.59 Å². The molecule has 0 fully saturated rings. The monoisotopic (exact) mass is 328 g/mol. The summed E-state index contributed by atoms with van der Waals surface area (Å²) in [6.07, 6.45) is 3.59. The summed E-state index contributed by atoms with van der Waals surface area (Å²) >= 11 is 0. The molecule has 0 saturated heterocycles. The second-order valence-corrected chi connectivity index (χ2v) is 6.17. The molecule has 0 spiro atoms. The molecule has 0 atom stereocenters. The third kappa shape index (κ3) is 16.8. The quantitative estimate of drug-likeness (QED) is 0.476. The number of hydrogen-bond acceptors (Lipinski definition) is 4. The van der Waals surface area contributed by atoms with Crippen LogP contribution in [0.25, 0.3) is 0 Å². The van der Waals surface area contributed by atoms with Crippen LogP contribution in [0.4, 0.5) is 0 Å². The van der Waals surface area contributed by atoms with E-state index in [0.29, 0.717) is 57.9 Å². The van der Waals surface area contributed by atoms with Crippen LogP contribution in [0, 0.1) is 5.92 Å². The fourth-order valence-electron chi connectivity index (χ4n) is 1.94. The van der Waals surface area contributed by atoms with E-state index in [-0.39, 0.29) is 17.6 Å². The van der Waals surface area contributed by atoms with Gasteiger partial charge in [0.15, 0.2) is 0 Å². The number of Topliss-reactive ketones (excluding diaryl/α,β-unsaturated/α-hetero) is 1. The van der Waals surface area contributed by atoms with Crippen LogP contribution >= 0.6 is 0 Å². The first-order chi connectivity index (χ1) is 10.9. The molecule has 2 amide bonds. The van der Waals surface area contributed by atoms with Crippen molar-refractivity contribution < 1.29 is 19.1 Å². The fraction of sp³-hybridized carbons (Fsp3) is 0.824. The number of amides is 2. The van der Waals surface area contributed by atoms with Crippen LogP contribution in [0.15, 0.2) is 0 Å². The Hall–Kier alpha value is -1.43. The van der Waals surface area contributed by atoms with Crippen molar-refractivity contribution in [3.05, 3.63) is 0 Å². The predicted octanol–water partition coefficient (Wildman–Crippen LogP) is 1.82. The molecule has 0 aromatic rings. The van der Waals surface area contributed by atoms with Crippen molar-refractivity contribution in [3.8, 4) is 0 Å². The van der Waals surface area contributed by atoms with Crippen molar-refractivity contribution in [2.75, 3.05) is 26.3 Å². The van der Waals surface area contributed by atoms with Gasteiger partial charge in [0.05, 0.1) is 0 Å². The van der Waals surface area contributed by atoms with Gasteiger partial charge in [0.25, 0.3) is 0 Å². The van der Waals surface area contributed by atoms with E-state index in [1.54, 1.807) is 0 Å². The van der Waals surface area contributed by atoms with E-state index in [2.05, 4.69) is 10.6 Å². The minimum atomic E-state index is -0.0147. The highest BCUT2D eigenvalue weighted by Gasteiger charge is 2.03. The van der Waals surface area contributed by atoms with Gasteiger partial charge in [0.1, 0.15) is 5.78 Å². The first kappa shape index (κ1) is 21.6. The maximum absolute atomic E-state index is 11.4. The summed E-state index contributed by atoms with van der Waals surface area (Å²) < 4.78 is 5.44. The van der Waals surface area contributed by atoms with Crippen LogP contribution in [0.3, 0.4) is 0 Å². The Balaban J connectivity index is 3.28. The van der Waals surface area contributed by atoms with Crippen LogP contribution < -0.4 is 10.6 Å². The number of nitrogens with one attached hydrogen (secondary N) is 2. The predicted molar refractivity (Wildman–Crippen MR) is 90.1 cm³/mol. The summed E-state index contributed by atoms with van der Waals surface area (Å²) in [5.41, 5.74) is 0. The topological polar surface area (TPSA) is 84.5 Å². The van der Waals surface area contributed by atoms with Crippen molar-refractivity contribution in [2.24, 2.45) is 5.92 Å². The van der Waals surface area contributed by atoms with Gasteiger partial charge in [0.2, 0.25) is 11.8 Å². The molecular weight excluding hydrogens is 296 g/mol. The van der Waals surface area contributed by atoms with Crippen molar-refractivity contribution in [1.29, 1.82) is 0 Å². The second-order valence-electron chi connectivity index (χ2n) is 6.17. The van der Waals surface area contributed by atoms with Gasteiger partial charge in [-0.05, 0) is 32.1 Å². The average Bonchev–Trinajstić information content (AvgIpc) is 2.44. The molecule has 134 valence electrons. The molecule has 0 rings (SSSR count). The van der Waals surface area contributed by atoms with Crippen LogP contribution in [-0.4, -0.2) is 43.9 Å². The molecule has 0 aliphatic rings. The Kier molecular flexibility index (Phi) is 13.3. The zero-order valence-electron chi connectivity index (χ0n) is 14.8. The first-order valence-corrected chi connectivity index (χ1v) is 8.52. The Morgan fingerprint density at radius 2 is 1.43 bits per heavy atom. The third-order valence-corrected chi connectivity index (χ3v) is 3.10. The van der Waals surface area contributed by atoms with E-state index in [9.17, 15) is 14.4 Å². The molecule has 0 aliphatic carbocycles. The highest BCUT2D eigenvalue weighted by atomic mass is 16.5. The van der Waals surface area contributed by atoms with Gasteiger partial charge in [-0.1, -0.05) is 13.8 Å². The van der Waals surface area contributed by atoms with E-state index < -0.39 is 0 Å². The number of rotatable bonds is 14. The molecule has 23 heavy (non-hydrogen) atoms. The molecule has 0 saturated carbocycles. The Labute approximate surface area is 139 Å². The third-order valence-electron chi connectivity index (χ3n) is 3.10. The Morgan fingerprint density at radius 3 is 1.96 bits per heavy atom. The van der Waals surface area contributed by atoms with Crippen LogP contribution in [0.2, 0.25) is 0 Å². The lowest BCUT2D eigenvalue weighted by Crippen LogP contribution is -2.26. The van der Waals surface area contributed by atoms with Crippen molar-refractivity contribution >= 4 is 17.6 Å². The number of carbonyl (C=O) groups is 3. The summed E-state index contributed by atoms with van der Waals surface area (Å²) in [6.45, 7) is 7.99. The summed E-state index contributed by atoms with van der Waals surface area (Å²) in [4.78, 5) is 33.6. The molecule has 0 aromatic heterocycles. The van der Waals surface area contributed by atoms with Crippen LogP contribution in [0.5, 0.6) is 0 Å². The molecule has 0 aliphatic heterocycles. The molecule has 0 radical (unpaired) electrons. The van der Waals surface area contributed by atoms with Crippen LogP contribution in [0.1, 0.15) is 59.3 Å². The van der Waals surface area contributed by atoms with Gasteiger partial charge >= 0.3 is 0 Å². The molecular formula is C17H32N2O4. The van der Waals surface area contributed by atoms with E-state index in [4.69, 9.17) is 4.74 Å². The van der Waals surface area contributed by atoms with Crippen LogP contribution in [-0.2, 0) is 19.1 Å². The smallest absolute Gasteiger partial charge is 0.220 e. The summed E-state index contributed by atoms with van der Waals surface area (Å²) in [5, 5.41) is 5.66. The molecule has 6 nitrogen and oxygen atoms in total. The van der Waals surface area contributed by atoms with E-state index in [0.717, 1.165) is 12.8 Å². The van der Waals surface area contributed by atoms with Gasteiger partial charge in [-0.25, -0.2) is 0 Å². The lowest BCUT2D eigenvalue weighted by Gasteiger charge is -2.08. The highest BCUT2D eigenvalue weighted by Crippen LogP contribution is 1.98. The highest BCUT2D eigenvalue weighted by molar-refractivity contribution is 5.78. The van der Waals surface area contributed by atoms with Gasteiger partial charge in [-0.15, -0.1) is 0 Å². The number of ketones is 1. The Bertz CT molecular complexity index is 357. The molecule has 2 N–H and O–H groups in total. The zero-order valence-corrected chi connectivity index (χ0v) is 14.8. The molecule has 0 unspecified atom stereocenters. The first-order valence-electron chi connectivity index (χ1n) is 8.52. The molecule has 0 aromatic carbocycles. The number of ether oxygens (including phenoxy) is 1. The van der Waals surface area contributed by atoms with E-state index >= 15 is 0 Å².